The van der Waals surface area contributed by atoms with Crippen molar-refractivity contribution in [1.82, 2.24) is 5.32 Å². The summed E-state index contributed by atoms with van der Waals surface area (Å²) in [4.78, 5) is 0. The first-order chi connectivity index (χ1) is 9.63. The quantitative estimate of drug-likeness (QED) is 0.811. The van der Waals surface area contributed by atoms with Crippen LogP contribution in [0.3, 0.4) is 0 Å². The molecule has 0 aromatic heterocycles. The number of halogens is 1. The zero-order valence-corrected chi connectivity index (χ0v) is 13.6. The second-order valence-corrected chi connectivity index (χ2v) is 6.64. The molecule has 0 unspecified atom stereocenters. The molecule has 0 bridgehead atoms. The third kappa shape index (κ3) is 4.26. The van der Waals surface area contributed by atoms with Gasteiger partial charge in [0.25, 0.3) is 0 Å². The molecule has 1 aromatic rings. The third-order valence-corrected chi connectivity index (χ3v) is 4.49. The number of terminal acetylenes is 1. The van der Waals surface area contributed by atoms with Gasteiger partial charge in [-0.1, -0.05) is 41.1 Å². The molecule has 2 nitrogen and oxygen atoms in total. The van der Waals surface area contributed by atoms with Crippen molar-refractivity contribution in [2.24, 2.45) is 0 Å². The Morgan fingerprint density at radius 1 is 1.35 bits per heavy atom. The van der Waals surface area contributed by atoms with Crippen LogP contribution in [-0.2, 0) is 6.54 Å². The molecule has 1 saturated carbocycles. The Bertz CT molecular complexity index is 486. The molecule has 108 valence electrons. The molecule has 3 heteroatoms. The maximum Gasteiger partial charge on any atom is 0.148 e. The van der Waals surface area contributed by atoms with Gasteiger partial charge in [-0.3, -0.25) is 0 Å². The summed E-state index contributed by atoms with van der Waals surface area (Å²) in [5.41, 5.74) is 1.41. The lowest BCUT2D eigenvalue weighted by Crippen LogP contribution is -2.43. The van der Waals surface area contributed by atoms with Crippen molar-refractivity contribution >= 4 is 15.9 Å². The molecule has 0 atom stereocenters. The van der Waals surface area contributed by atoms with E-state index in [9.17, 15) is 0 Å². The number of nitrogens with one attached hydrogen (secondary N) is 1. The number of rotatable bonds is 5. The first-order valence-corrected chi connectivity index (χ1v) is 8.02. The molecule has 1 fully saturated rings. The standard InChI is InChI=1S/C17H22BrNO/c1-3-11-20-16-8-7-15(18)12-14(16)13-19-17(2)9-5-4-6-10-17/h1,7-8,12,19H,4-6,9-11,13H2,2H3. The van der Waals surface area contributed by atoms with Gasteiger partial charge in [0.1, 0.15) is 12.4 Å². The number of hydrogen-bond donors (Lipinski definition) is 1. The summed E-state index contributed by atoms with van der Waals surface area (Å²) in [7, 11) is 0. The predicted octanol–water partition coefficient (Wildman–Crippen LogP) is 4.27. The van der Waals surface area contributed by atoms with Crippen molar-refractivity contribution in [2.75, 3.05) is 6.61 Å². The minimum Gasteiger partial charge on any atom is -0.481 e. The van der Waals surface area contributed by atoms with Crippen molar-refractivity contribution in [3.05, 3.63) is 28.2 Å². The van der Waals surface area contributed by atoms with E-state index in [0.29, 0.717) is 6.61 Å². The minimum absolute atomic E-state index is 0.254. The van der Waals surface area contributed by atoms with Crippen LogP contribution in [0, 0.1) is 12.3 Å². The highest BCUT2D eigenvalue weighted by Crippen LogP contribution is 2.29. The second kappa shape index (κ2) is 7.15. The summed E-state index contributed by atoms with van der Waals surface area (Å²) < 4.78 is 6.68. The first kappa shape index (κ1) is 15.4. The molecule has 1 aliphatic rings. The molecular weight excluding hydrogens is 314 g/mol. The van der Waals surface area contributed by atoms with Crippen molar-refractivity contribution in [1.29, 1.82) is 0 Å². The highest BCUT2D eigenvalue weighted by Gasteiger charge is 2.26. The SMILES string of the molecule is C#CCOc1ccc(Br)cc1CNC1(C)CCCCC1. The Labute approximate surface area is 130 Å². The zero-order chi connectivity index (χ0) is 14.4. The molecule has 1 aromatic carbocycles. The maximum atomic E-state index is 5.62. The van der Waals surface area contributed by atoms with Crippen LogP contribution in [0.25, 0.3) is 0 Å². The molecule has 1 N–H and O–H groups in total. The lowest BCUT2D eigenvalue weighted by molar-refractivity contribution is 0.250. The average molecular weight is 336 g/mol. The summed E-state index contributed by atoms with van der Waals surface area (Å²) in [5.74, 6) is 3.39. The maximum absolute atomic E-state index is 5.62. The van der Waals surface area contributed by atoms with E-state index in [0.717, 1.165) is 22.3 Å². The normalized spacial score (nSPS) is 17.4. The van der Waals surface area contributed by atoms with E-state index in [1.807, 2.05) is 12.1 Å². The first-order valence-electron chi connectivity index (χ1n) is 7.23. The van der Waals surface area contributed by atoms with Crippen LogP contribution in [0.15, 0.2) is 22.7 Å². The smallest absolute Gasteiger partial charge is 0.148 e. The molecule has 0 heterocycles. The van der Waals surface area contributed by atoms with E-state index in [1.54, 1.807) is 0 Å². The lowest BCUT2D eigenvalue weighted by atomic mass is 9.83. The van der Waals surface area contributed by atoms with Crippen LogP contribution < -0.4 is 10.1 Å². The third-order valence-electron chi connectivity index (χ3n) is 4.00. The van der Waals surface area contributed by atoms with Gasteiger partial charge in [-0.05, 0) is 38.0 Å². The summed E-state index contributed by atoms with van der Waals surface area (Å²) in [6, 6.07) is 6.06. The Morgan fingerprint density at radius 3 is 2.80 bits per heavy atom. The summed E-state index contributed by atoms with van der Waals surface area (Å²) in [6.45, 7) is 3.45. The van der Waals surface area contributed by atoms with Gasteiger partial charge >= 0.3 is 0 Å². The largest absolute Gasteiger partial charge is 0.481 e. The van der Waals surface area contributed by atoms with Crippen LogP contribution in [-0.4, -0.2) is 12.1 Å². The van der Waals surface area contributed by atoms with Crippen LogP contribution in [0.5, 0.6) is 5.75 Å². The Balaban J connectivity index is 2.03. The topological polar surface area (TPSA) is 21.3 Å². The van der Waals surface area contributed by atoms with E-state index in [1.165, 1.54) is 32.1 Å². The van der Waals surface area contributed by atoms with Gasteiger partial charge in [-0.25, -0.2) is 0 Å². The molecule has 0 saturated heterocycles. The summed E-state index contributed by atoms with van der Waals surface area (Å²) in [5, 5.41) is 3.71. The van der Waals surface area contributed by atoms with E-state index < -0.39 is 0 Å². The summed E-state index contributed by atoms with van der Waals surface area (Å²) in [6.07, 6.45) is 11.8. The van der Waals surface area contributed by atoms with Crippen LogP contribution in [0.1, 0.15) is 44.6 Å². The Kier molecular flexibility index (Phi) is 5.51. The van der Waals surface area contributed by atoms with E-state index in [-0.39, 0.29) is 5.54 Å². The van der Waals surface area contributed by atoms with E-state index in [2.05, 4.69) is 40.2 Å². The molecule has 1 aliphatic carbocycles. The zero-order valence-electron chi connectivity index (χ0n) is 12.0. The number of ether oxygens (including phenoxy) is 1. The monoisotopic (exact) mass is 335 g/mol. The van der Waals surface area contributed by atoms with Gasteiger partial charge in [-0.2, -0.15) is 0 Å². The molecule has 20 heavy (non-hydrogen) atoms. The lowest BCUT2D eigenvalue weighted by Gasteiger charge is -2.35. The summed E-state index contributed by atoms with van der Waals surface area (Å²) >= 11 is 3.52. The van der Waals surface area contributed by atoms with Gasteiger partial charge in [0.05, 0.1) is 0 Å². The predicted molar refractivity (Wildman–Crippen MR) is 86.8 cm³/mol. The Hall–Kier alpha value is -0.980. The van der Waals surface area contributed by atoms with Crippen molar-refractivity contribution in [3.8, 4) is 18.1 Å². The average Bonchev–Trinajstić information content (AvgIpc) is 2.45. The van der Waals surface area contributed by atoms with Gasteiger partial charge in [0, 0.05) is 22.1 Å². The second-order valence-electron chi connectivity index (χ2n) is 5.72. The van der Waals surface area contributed by atoms with E-state index in [4.69, 9.17) is 11.2 Å². The van der Waals surface area contributed by atoms with Crippen LogP contribution in [0.2, 0.25) is 0 Å². The minimum atomic E-state index is 0.254. The fourth-order valence-electron chi connectivity index (χ4n) is 2.76. The van der Waals surface area contributed by atoms with Gasteiger partial charge < -0.3 is 10.1 Å². The van der Waals surface area contributed by atoms with Crippen molar-refractivity contribution in [2.45, 2.75) is 51.1 Å². The van der Waals surface area contributed by atoms with Gasteiger partial charge in [0.15, 0.2) is 0 Å². The number of hydrogen-bond acceptors (Lipinski definition) is 2. The fraction of sp³-hybridized carbons (Fsp3) is 0.529. The highest BCUT2D eigenvalue weighted by atomic mass is 79.9. The Morgan fingerprint density at radius 2 is 2.10 bits per heavy atom. The molecular formula is C17H22BrNO. The highest BCUT2D eigenvalue weighted by molar-refractivity contribution is 9.10. The van der Waals surface area contributed by atoms with Gasteiger partial charge in [-0.15, -0.1) is 6.42 Å². The molecule has 2 rings (SSSR count). The fourth-order valence-corrected chi connectivity index (χ4v) is 3.17. The van der Waals surface area contributed by atoms with Gasteiger partial charge in [0.2, 0.25) is 0 Å². The number of benzene rings is 1. The molecule has 0 amide bonds. The van der Waals surface area contributed by atoms with Crippen molar-refractivity contribution < 1.29 is 4.74 Å². The van der Waals surface area contributed by atoms with E-state index >= 15 is 0 Å². The molecule has 0 aliphatic heterocycles. The molecule has 0 spiro atoms. The van der Waals surface area contributed by atoms with Crippen LogP contribution >= 0.6 is 15.9 Å². The molecule has 0 radical (unpaired) electrons. The van der Waals surface area contributed by atoms with Crippen molar-refractivity contribution in [3.63, 3.8) is 0 Å². The van der Waals surface area contributed by atoms with Crippen LogP contribution in [0.4, 0.5) is 0 Å².